The van der Waals surface area contributed by atoms with Crippen LogP contribution in [0.25, 0.3) is 0 Å². The van der Waals surface area contributed by atoms with E-state index in [4.69, 9.17) is 0 Å². The fourth-order valence-electron chi connectivity index (χ4n) is 2.70. The number of nitrogens with one attached hydrogen (secondary N) is 1. The van der Waals surface area contributed by atoms with Crippen molar-refractivity contribution in [2.24, 2.45) is 0 Å². The molecule has 3 heteroatoms. The zero-order valence-corrected chi connectivity index (χ0v) is 13.8. The first-order valence-corrected chi connectivity index (χ1v) is 7.42. The van der Waals surface area contributed by atoms with Gasteiger partial charge < -0.3 is 5.32 Å². The average molecular weight is 336 g/mol. The third-order valence-electron chi connectivity index (χ3n) is 3.46. The van der Waals surface area contributed by atoms with Crippen molar-refractivity contribution in [3.05, 3.63) is 68.4 Å². The Morgan fingerprint density at radius 2 is 1.65 bits per heavy atom. The normalized spacial score (nSPS) is 12.5. The minimum absolute atomic E-state index is 0.146. The van der Waals surface area contributed by atoms with E-state index >= 15 is 0 Å². The van der Waals surface area contributed by atoms with E-state index in [1.807, 2.05) is 40.0 Å². The summed E-state index contributed by atoms with van der Waals surface area (Å²) in [7, 11) is 1.86. The van der Waals surface area contributed by atoms with Crippen molar-refractivity contribution in [2.45, 2.75) is 26.8 Å². The van der Waals surface area contributed by atoms with Crippen LogP contribution < -0.4 is 5.32 Å². The lowest BCUT2D eigenvalue weighted by atomic mass is 9.92. The lowest BCUT2D eigenvalue weighted by molar-refractivity contribution is 0.572. The smallest absolute Gasteiger partial charge is 0.128 e. The summed E-state index contributed by atoms with van der Waals surface area (Å²) < 4.78 is 15.4. The fourth-order valence-corrected chi connectivity index (χ4v) is 3.33. The van der Waals surface area contributed by atoms with Crippen LogP contribution in [0.2, 0.25) is 0 Å². The number of hydrogen-bond donors (Lipinski definition) is 1. The summed E-state index contributed by atoms with van der Waals surface area (Å²) in [6, 6.07) is 9.64. The molecule has 1 atom stereocenters. The molecule has 0 aliphatic carbocycles. The van der Waals surface area contributed by atoms with Crippen LogP contribution in [0.4, 0.5) is 4.39 Å². The summed E-state index contributed by atoms with van der Waals surface area (Å²) in [5.41, 5.74) is 4.85. The molecule has 0 aliphatic heterocycles. The lowest BCUT2D eigenvalue weighted by Crippen LogP contribution is -2.20. The van der Waals surface area contributed by atoms with Crippen LogP contribution in [0, 0.1) is 26.6 Å². The van der Waals surface area contributed by atoms with Crippen molar-refractivity contribution in [3.8, 4) is 0 Å². The SMILES string of the molecule is CNC(c1cc(C)cc(Br)c1)c1c(C)cc(C)cc1F. The van der Waals surface area contributed by atoms with Gasteiger partial charge in [0.15, 0.2) is 0 Å². The molecule has 1 N–H and O–H groups in total. The second kappa shape index (κ2) is 6.06. The van der Waals surface area contributed by atoms with Gasteiger partial charge in [0.1, 0.15) is 5.82 Å². The van der Waals surface area contributed by atoms with Gasteiger partial charge in [-0.15, -0.1) is 0 Å². The van der Waals surface area contributed by atoms with Gasteiger partial charge in [0, 0.05) is 10.0 Å². The van der Waals surface area contributed by atoms with Crippen molar-refractivity contribution in [3.63, 3.8) is 0 Å². The van der Waals surface area contributed by atoms with Crippen molar-refractivity contribution in [1.82, 2.24) is 5.32 Å². The molecule has 0 aromatic heterocycles. The molecule has 20 heavy (non-hydrogen) atoms. The fraction of sp³-hybridized carbons (Fsp3) is 0.294. The highest BCUT2D eigenvalue weighted by Crippen LogP contribution is 2.30. The molecule has 2 rings (SSSR count). The van der Waals surface area contributed by atoms with Crippen LogP contribution >= 0.6 is 15.9 Å². The number of benzene rings is 2. The predicted octanol–water partition coefficient (Wildman–Crippen LogP) is 4.82. The number of hydrogen-bond acceptors (Lipinski definition) is 1. The third kappa shape index (κ3) is 3.10. The van der Waals surface area contributed by atoms with E-state index in [0.29, 0.717) is 0 Å². The van der Waals surface area contributed by atoms with Crippen LogP contribution in [-0.2, 0) is 0 Å². The Kier molecular flexibility index (Phi) is 4.61. The maximum absolute atomic E-state index is 14.4. The molecular weight excluding hydrogens is 317 g/mol. The van der Waals surface area contributed by atoms with Gasteiger partial charge in [0.05, 0.1) is 6.04 Å². The minimum atomic E-state index is -0.153. The third-order valence-corrected chi connectivity index (χ3v) is 3.91. The summed E-state index contributed by atoms with van der Waals surface area (Å²) in [4.78, 5) is 0. The molecular formula is C17H19BrFN. The summed E-state index contributed by atoms with van der Waals surface area (Å²) >= 11 is 3.51. The lowest BCUT2D eigenvalue weighted by Gasteiger charge is -2.21. The van der Waals surface area contributed by atoms with Gasteiger partial charge in [-0.1, -0.05) is 28.1 Å². The molecule has 1 unspecified atom stereocenters. The molecule has 0 bridgehead atoms. The van der Waals surface area contributed by atoms with Gasteiger partial charge in [0.2, 0.25) is 0 Å². The molecule has 2 aromatic carbocycles. The molecule has 1 nitrogen and oxygen atoms in total. The quantitative estimate of drug-likeness (QED) is 0.847. The summed E-state index contributed by atoms with van der Waals surface area (Å²) in [6.45, 7) is 5.91. The second-order valence-electron chi connectivity index (χ2n) is 5.26. The molecule has 0 saturated carbocycles. The van der Waals surface area contributed by atoms with E-state index in [1.165, 1.54) is 0 Å². The first-order valence-electron chi connectivity index (χ1n) is 6.63. The maximum atomic E-state index is 14.4. The number of halogens is 2. The topological polar surface area (TPSA) is 12.0 Å². The Hall–Kier alpha value is -1.19. The molecule has 0 radical (unpaired) electrons. The van der Waals surface area contributed by atoms with Crippen molar-refractivity contribution < 1.29 is 4.39 Å². The molecule has 0 amide bonds. The predicted molar refractivity (Wildman–Crippen MR) is 85.7 cm³/mol. The van der Waals surface area contributed by atoms with Gasteiger partial charge in [-0.3, -0.25) is 0 Å². The van der Waals surface area contributed by atoms with Crippen LogP contribution in [0.5, 0.6) is 0 Å². The van der Waals surface area contributed by atoms with Crippen LogP contribution in [0.3, 0.4) is 0 Å². The van der Waals surface area contributed by atoms with E-state index in [1.54, 1.807) is 6.07 Å². The van der Waals surface area contributed by atoms with Gasteiger partial charge in [-0.25, -0.2) is 4.39 Å². The van der Waals surface area contributed by atoms with Gasteiger partial charge in [0.25, 0.3) is 0 Å². The van der Waals surface area contributed by atoms with E-state index in [2.05, 4.69) is 33.4 Å². The number of rotatable bonds is 3. The molecule has 0 aliphatic rings. The first-order chi connectivity index (χ1) is 9.42. The highest BCUT2D eigenvalue weighted by molar-refractivity contribution is 9.10. The summed E-state index contributed by atoms with van der Waals surface area (Å²) in [6.07, 6.45) is 0. The molecule has 0 fully saturated rings. The Labute approximate surface area is 128 Å². The largest absolute Gasteiger partial charge is 0.309 e. The van der Waals surface area contributed by atoms with Crippen molar-refractivity contribution >= 4 is 15.9 Å². The Morgan fingerprint density at radius 3 is 2.20 bits per heavy atom. The Balaban J connectivity index is 2.58. The van der Waals surface area contributed by atoms with E-state index in [9.17, 15) is 4.39 Å². The Morgan fingerprint density at radius 1 is 1.00 bits per heavy atom. The minimum Gasteiger partial charge on any atom is -0.309 e. The first kappa shape index (κ1) is 15.2. The number of aryl methyl sites for hydroxylation is 3. The second-order valence-corrected chi connectivity index (χ2v) is 6.18. The van der Waals surface area contributed by atoms with Crippen molar-refractivity contribution in [1.29, 1.82) is 0 Å². The standard InChI is InChI=1S/C17H19BrFN/c1-10-5-12(3)16(15(19)8-10)17(20-4)13-6-11(2)7-14(18)9-13/h5-9,17,20H,1-4H3. The van der Waals surface area contributed by atoms with Crippen LogP contribution in [0.1, 0.15) is 33.9 Å². The highest BCUT2D eigenvalue weighted by atomic mass is 79.9. The average Bonchev–Trinajstić information content (AvgIpc) is 2.32. The Bertz CT molecular complexity index is 594. The monoisotopic (exact) mass is 335 g/mol. The molecule has 0 saturated heterocycles. The van der Waals surface area contributed by atoms with Crippen molar-refractivity contribution in [2.75, 3.05) is 7.05 Å². The highest BCUT2D eigenvalue weighted by Gasteiger charge is 2.19. The summed E-state index contributed by atoms with van der Waals surface area (Å²) in [5, 5.41) is 3.23. The molecule has 0 heterocycles. The van der Waals surface area contributed by atoms with E-state index in [0.717, 1.165) is 32.3 Å². The zero-order valence-electron chi connectivity index (χ0n) is 12.2. The molecule has 2 aromatic rings. The molecule has 0 spiro atoms. The maximum Gasteiger partial charge on any atom is 0.128 e. The van der Waals surface area contributed by atoms with Gasteiger partial charge in [-0.2, -0.15) is 0 Å². The van der Waals surface area contributed by atoms with Crippen LogP contribution in [-0.4, -0.2) is 7.05 Å². The van der Waals surface area contributed by atoms with Gasteiger partial charge in [-0.05, 0) is 68.3 Å². The van der Waals surface area contributed by atoms with E-state index in [-0.39, 0.29) is 11.9 Å². The van der Waals surface area contributed by atoms with Crippen LogP contribution in [0.15, 0.2) is 34.8 Å². The van der Waals surface area contributed by atoms with Gasteiger partial charge >= 0.3 is 0 Å². The molecule has 106 valence electrons. The zero-order chi connectivity index (χ0) is 14.9. The summed E-state index contributed by atoms with van der Waals surface area (Å²) in [5.74, 6) is -0.153. The van der Waals surface area contributed by atoms with E-state index < -0.39 is 0 Å².